The Morgan fingerprint density at radius 2 is 2.33 bits per heavy atom. The van der Waals surface area contributed by atoms with Crippen LogP contribution in [0.1, 0.15) is 16.1 Å². The second kappa shape index (κ2) is 5.06. The molecule has 0 bridgehead atoms. The van der Waals surface area contributed by atoms with Gasteiger partial charge in [0.05, 0.1) is 0 Å². The summed E-state index contributed by atoms with van der Waals surface area (Å²) in [5.74, 6) is -1.16. The molecule has 0 aliphatic carbocycles. The number of nitrogens with two attached hydrogens (primary N) is 1. The molecule has 1 aromatic heterocycles. The third kappa shape index (κ3) is 3.35. The van der Waals surface area contributed by atoms with Crippen LogP contribution in [0.5, 0.6) is 0 Å². The average molecular weight is 209 g/mol. The van der Waals surface area contributed by atoms with Crippen LogP contribution in [0.25, 0.3) is 0 Å². The number of hydroxylamine groups is 1. The zero-order chi connectivity index (χ0) is 11.3. The predicted molar refractivity (Wildman–Crippen MR) is 51.6 cm³/mol. The molecule has 0 atom stereocenters. The fourth-order valence-corrected chi connectivity index (χ4v) is 0.944. The van der Waals surface area contributed by atoms with E-state index in [1.807, 2.05) is 0 Å². The maximum atomic E-state index is 11.4. The molecule has 0 fully saturated rings. The second-order valence-electron chi connectivity index (χ2n) is 2.86. The van der Waals surface area contributed by atoms with Gasteiger partial charge >= 0.3 is 0 Å². The molecule has 80 valence electrons. The second-order valence-corrected chi connectivity index (χ2v) is 2.86. The Hall–Kier alpha value is -1.95. The molecule has 1 aromatic rings. The van der Waals surface area contributed by atoms with Crippen LogP contribution in [-0.2, 0) is 9.63 Å². The Bertz CT molecular complexity index is 379. The monoisotopic (exact) mass is 209 g/mol. The van der Waals surface area contributed by atoms with Crippen molar-refractivity contribution in [3.8, 4) is 0 Å². The summed E-state index contributed by atoms with van der Waals surface area (Å²) in [6.45, 7) is 1.38. The van der Waals surface area contributed by atoms with E-state index in [1.54, 1.807) is 19.1 Å². The van der Waals surface area contributed by atoms with E-state index in [2.05, 4.69) is 15.3 Å². The van der Waals surface area contributed by atoms with Crippen molar-refractivity contribution in [2.75, 3.05) is 6.61 Å². The number of amides is 2. The zero-order valence-electron chi connectivity index (χ0n) is 8.19. The van der Waals surface area contributed by atoms with Crippen LogP contribution in [0.15, 0.2) is 18.3 Å². The Morgan fingerprint density at radius 1 is 1.60 bits per heavy atom. The van der Waals surface area contributed by atoms with Crippen LogP contribution in [0.4, 0.5) is 0 Å². The molecule has 0 unspecified atom stereocenters. The van der Waals surface area contributed by atoms with Crippen molar-refractivity contribution in [3.63, 3.8) is 0 Å². The number of rotatable bonds is 4. The average Bonchev–Trinajstić information content (AvgIpc) is 2.17. The molecule has 0 spiro atoms. The number of carbonyl (C=O) groups excluding carboxylic acids is 2. The molecule has 15 heavy (non-hydrogen) atoms. The van der Waals surface area contributed by atoms with Gasteiger partial charge in [0.2, 0.25) is 5.91 Å². The van der Waals surface area contributed by atoms with Gasteiger partial charge in [-0.3, -0.25) is 19.4 Å². The van der Waals surface area contributed by atoms with E-state index in [0.717, 1.165) is 5.56 Å². The van der Waals surface area contributed by atoms with E-state index in [-0.39, 0.29) is 12.3 Å². The summed E-state index contributed by atoms with van der Waals surface area (Å²) < 4.78 is 0. The first-order valence-electron chi connectivity index (χ1n) is 4.23. The quantitative estimate of drug-likeness (QED) is 0.656. The van der Waals surface area contributed by atoms with E-state index < -0.39 is 11.8 Å². The van der Waals surface area contributed by atoms with Crippen LogP contribution < -0.4 is 11.2 Å². The molecule has 0 saturated carbocycles. The molecule has 6 heteroatoms. The molecule has 1 heterocycles. The summed E-state index contributed by atoms with van der Waals surface area (Å²) >= 11 is 0. The lowest BCUT2D eigenvalue weighted by atomic mass is 10.2. The fraction of sp³-hybridized carbons (Fsp3) is 0.222. The topological polar surface area (TPSA) is 94.3 Å². The van der Waals surface area contributed by atoms with Crippen molar-refractivity contribution in [2.24, 2.45) is 5.73 Å². The van der Waals surface area contributed by atoms with E-state index in [0.29, 0.717) is 0 Å². The standard InChI is InChI=1S/C9H11N3O3/c1-6-3-2-4-11-8(6)9(14)12-15-5-7(10)13/h2-4H,5H2,1H3,(H2,10,13)(H,12,14). The molecule has 0 radical (unpaired) electrons. The van der Waals surface area contributed by atoms with Gasteiger partial charge in [0.1, 0.15) is 5.69 Å². The highest BCUT2D eigenvalue weighted by molar-refractivity contribution is 5.92. The van der Waals surface area contributed by atoms with Gasteiger partial charge in [-0.05, 0) is 18.6 Å². The minimum absolute atomic E-state index is 0.252. The highest BCUT2D eigenvalue weighted by Crippen LogP contribution is 2.02. The van der Waals surface area contributed by atoms with Crippen LogP contribution in [0, 0.1) is 6.92 Å². The molecule has 0 aliphatic heterocycles. The molecular weight excluding hydrogens is 198 g/mol. The summed E-state index contributed by atoms with van der Waals surface area (Å²) in [6.07, 6.45) is 1.50. The lowest BCUT2D eigenvalue weighted by molar-refractivity contribution is -0.124. The maximum Gasteiger partial charge on any atom is 0.293 e. The number of hydrogen-bond donors (Lipinski definition) is 2. The molecule has 0 saturated heterocycles. The lowest BCUT2D eigenvalue weighted by Gasteiger charge is -2.05. The van der Waals surface area contributed by atoms with Gasteiger partial charge < -0.3 is 5.73 Å². The van der Waals surface area contributed by atoms with Gasteiger partial charge in [-0.15, -0.1) is 0 Å². The van der Waals surface area contributed by atoms with Crippen molar-refractivity contribution in [2.45, 2.75) is 6.92 Å². The summed E-state index contributed by atoms with van der Waals surface area (Å²) in [7, 11) is 0. The van der Waals surface area contributed by atoms with E-state index >= 15 is 0 Å². The number of pyridine rings is 1. The first-order chi connectivity index (χ1) is 7.11. The molecule has 0 aliphatic rings. The van der Waals surface area contributed by atoms with Gasteiger partial charge in [0, 0.05) is 6.20 Å². The first-order valence-corrected chi connectivity index (χ1v) is 4.23. The number of carbonyl (C=O) groups is 2. The fourth-order valence-electron chi connectivity index (χ4n) is 0.944. The van der Waals surface area contributed by atoms with E-state index in [4.69, 9.17) is 5.73 Å². The minimum Gasteiger partial charge on any atom is -0.368 e. The van der Waals surface area contributed by atoms with Crippen molar-refractivity contribution in [3.05, 3.63) is 29.6 Å². The van der Waals surface area contributed by atoms with Crippen LogP contribution >= 0.6 is 0 Å². The van der Waals surface area contributed by atoms with Gasteiger partial charge in [-0.2, -0.15) is 0 Å². The third-order valence-corrected chi connectivity index (χ3v) is 1.60. The maximum absolute atomic E-state index is 11.4. The Morgan fingerprint density at radius 3 is 2.93 bits per heavy atom. The first kappa shape index (κ1) is 11.1. The van der Waals surface area contributed by atoms with Gasteiger partial charge in [-0.1, -0.05) is 6.07 Å². The Kier molecular flexibility index (Phi) is 3.75. The van der Waals surface area contributed by atoms with E-state index in [1.165, 1.54) is 6.20 Å². The number of nitrogens with one attached hydrogen (secondary N) is 1. The van der Waals surface area contributed by atoms with E-state index in [9.17, 15) is 9.59 Å². The number of hydrogen-bond acceptors (Lipinski definition) is 4. The van der Waals surface area contributed by atoms with Crippen molar-refractivity contribution >= 4 is 11.8 Å². The van der Waals surface area contributed by atoms with Crippen molar-refractivity contribution < 1.29 is 14.4 Å². The largest absolute Gasteiger partial charge is 0.368 e. The normalized spacial score (nSPS) is 9.67. The van der Waals surface area contributed by atoms with Crippen LogP contribution in [0.3, 0.4) is 0 Å². The lowest BCUT2D eigenvalue weighted by Crippen LogP contribution is -2.30. The number of aromatic nitrogens is 1. The number of nitrogens with zero attached hydrogens (tertiary/aromatic N) is 1. The molecule has 6 nitrogen and oxygen atoms in total. The van der Waals surface area contributed by atoms with Crippen LogP contribution in [0.2, 0.25) is 0 Å². The number of primary amides is 1. The van der Waals surface area contributed by atoms with Gasteiger partial charge in [-0.25, -0.2) is 5.48 Å². The highest BCUT2D eigenvalue weighted by Gasteiger charge is 2.09. The predicted octanol–water partition coefficient (Wildman–Crippen LogP) is -0.463. The van der Waals surface area contributed by atoms with Gasteiger partial charge in [0.15, 0.2) is 6.61 Å². The highest BCUT2D eigenvalue weighted by atomic mass is 16.7. The molecule has 0 aromatic carbocycles. The SMILES string of the molecule is Cc1cccnc1C(=O)NOCC(N)=O. The summed E-state index contributed by atoms with van der Waals surface area (Å²) in [4.78, 5) is 30.1. The molecule has 2 amide bonds. The summed E-state index contributed by atoms with van der Waals surface area (Å²) in [5.41, 5.74) is 7.86. The molecule has 1 rings (SSSR count). The molecular formula is C9H11N3O3. The Labute approximate surface area is 86.4 Å². The minimum atomic E-state index is -0.659. The van der Waals surface area contributed by atoms with Gasteiger partial charge in [0.25, 0.3) is 5.91 Å². The summed E-state index contributed by atoms with van der Waals surface area (Å²) in [6, 6.07) is 3.46. The van der Waals surface area contributed by atoms with Crippen molar-refractivity contribution in [1.82, 2.24) is 10.5 Å². The molecule has 3 N–H and O–H groups in total. The smallest absolute Gasteiger partial charge is 0.293 e. The summed E-state index contributed by atoms with van der Waals surface area (Å²) in [5, 5.41) is 0. The zero-order valence-corrected chi connectivity index (χ0v) is 8.19. The van der Waals surface area contributed by atoms with Crippen molar-refractivity contribution in [1.29, 1.82) is 0 Å². The van der Waals surface area contributed by atoms with Crippen LogP contribution in [-0.4, -0.2) is 23.4 Å². The third-order valence-electron chi connectivity index (χ3n) is 1.60. The Balaban J connectivity index is 2.54. The number of aryl methyl sites for hydroxylation is 1.